The Morgan fingerprint density at radius 3 is 2.66 bits per heavy atom. The van der Waals surface area contributed by atoms with Gasteiger partial charge in [0.05, 0.1) is 12.0 Å². The summed E-state index contributed by atoms with van der Waals surface area (Å²) in [4.78, 5) is 41.7. The molecule has 8 nitrogen and oxygen atoms in total. The highest BCUT2D eigenvalue weighted by Crippen LogP contribution is 2.54. The van der Waals surface area contributed by atoms with E-state index in [1.165, 1.54) is 0 Å². The number of nitriles is 1. The van der Waals surface area contributed by atoms with Crippen molar-refractivity contribution in [2.24, 2.45) is 11.8 Å². The van der Waals surface area contributed by atoms with Crippen LogP contribution in [-0.4, -0.2) is 58.3 Å². The number of carbonyl (C=O) groups is 3. The lowest BCUT2D eigenvalue weighted by molar-refractivity contribution is -0.201. The number of nitrogens with zero attached hydrogens (tertiary/aromatic N) is 2. The predicted molar refractivity (Wildman–Crippen MR) is 147 cm³/mol. The Labute approximate surface area is 244 Å². The predicted octanol–water partition coefficient (Wildman–Crippen LogP) is 3.60. The summed E-state index contributed by atoms with van der Waals surface area (Å²) in [7, 11) is 0. The molecule has 5 aliphatic rings. The molecule has 0 unspecified atom stereocenters. The number of nitrogens with one attached hydrogen (secondary N) is 2. The van der Waals surface area contributed by atoms with E-state index in [1.807, 2.05) is 6.07 Å². The largest absolute Gasteiger partial charge is 0.372 e. The Balaban J connectivity index is 1.36. The van der Waals surface area contributed by atoms with Gasteiger partial charge in [0.2, 0.25) is 11.8 Å². The van der Waals surface area contributed by atoms with Crippen LogP contribution >= 0.6 is 15.9 Å². The number of benzene rings is 2. The summed E-state index contributed by atoms with van der Waals surface area (Å²) in [5.74, 6) is -7.09. The second-order valence-corrected chi connectivity index (χ2v) is 12.4. The number of aliphatic hydroxyl groups is 1. The second kappa shape index (κ2) is 10.2. The lowest BCUT2D eigenvalue weighted by atomic mass is 9.70. The fourth-order valence-corrected chi connectivity index (χ4v) is 7.55. The van der Waals surface area contributed by atoms with Crippen molar-refractivity contribution in [3.8, 4) is 17.2 Å². The van der Waals surface area contributed by atoms with E-state index < -0.39 is 59.7 Å². The van der Waals surface area contributed by atoms with Gasteiger partial charge >= 0.3 is 0 Å². The van der Waals surface area contributed by atoms with Crippen LogP contribution in [0.1, 0.15) is 49.7 Å². The molecule has 214 valence electrons. The molecule has 3 aliphatic heterocycles. The first-order chi connectivity index (χ1) is 19.6. The highest BCUT2D eigenvalue weighted by molar-refractivity contribution is 9.10. The molecule has 11 heteroatoms. The average molecular weight is 627 g/mol. The number of hydrogen-bond acceptors (Lipinski definition) is 5. The molecule has 1 saturated carbocycles. The number of rotatable bonds is 5. The van der Waals surface area contributed by atoms with Crippen LogP contribution in [0.2, 0.25) is 0 Å². The number of carbonyl (C=O) groups excluding carboxylic acids is 3. The van der Waals surface area contributed by atoms with Crippen LogP contribution in [0.25, 0.3) is 11.1 Å². The number of piperidine rings is 3. The second-order valence-electron chi connectivity index (χ2n) is 11.5. The van der Waals surface area contributed by atoms with Crippen molar-refractivity contribution in [1.82, 2.24) is 15.5 Å². The van der Waals surface area contributed by atoms with Gasteiger partial charge in [-0.15, -0.1) is 0 Å². The number of amides is 3. The van der Waals surface area contributed by atoms with Crippen molar-refractivity contribution in [1.29, 1.82) is 5.26 Å². The maximum atomic E-state index is 15.3. The van der Waals surface area contributed by atoms with E-state index in [-0.39, 0.29) is 25.2 Å². The minimum atomic E-state index is -3.20. The first-order valence-electron chi connectivity index (χ1n) is 13.9. The molecule has 6 atom stereocenters. The average Bonchev–Trinajstić information content (AvgIpc) is 3.21. The van der Waals surface area contributed by atoms with Crippen molar-refractivity contribution in [2.75, 3.05) is 6.54 Å². The lowest BCUT2D eigenvalue weighted by Crippen LogP contribution is -2.70. The van der Waals surface area contributed by atoms with Gasteiger partial charge in [-0.1, -0.05) is 46.3 Å². The standard InChI is InChI=1S/C30H29BrF2N4O4/c31-17-7-9-21-20-5-1-2-6-22(20)30(41,24(21)13-17)28(40)37-19-8-10-23(29(32,33)14-19)25(37)27(39)36-18(15-34)12-16-4-3-11-35-26(16)38/h1-2,5-7,9,13,16,18-19,23,25,41H,3-4,8,10-12,14H2,(H,35,38)(H,36,39)/t16-,18-,19-,23-,25+,30-/m1/s1. The van der Waals surface area contributed by atoms with Gasteiger partial charge in [0.15, 0.2) is 5.60 Å². The SMILES string of the molecule is N#C[C@@H](C[C@H]1CCCNC1=O)NC(=O)[C@@H]1[C@H]2CC[C@H](CC2(F)F)N1C(=O)[C@@]1(O)c2ccccc2-c2ccc(Br)cc21. The molecule has 41 heavy (non-hydrogen) atoms. The molecular weight excluding hydrogens is 598 g/mol. The minimum absolute atomic E-state index is 0.0267. The molecule has 0 spiro atoms. The third kappa shape index (κ3) is 4.43. The third-order valence-electron chi connectivity index (χ3n) is 9.12. The molecule has 3 heterocycles. The zero-order chi connectivity index (χ0) is 29.1. The van der Waals surface area contributed by atoms with E-state index in [9.17, 15) is 24.8 Å². The number of alkyl halides is 2. The van der Waals surface area contributed by atoms with Crippen LogP contribution in [0, 0.1) is 23.2 Å². The Morgan fingerprint density at radius 1 is 1.17 bits per heavy atom. The van der Waals surface area contributed by atoms with Crippen molar-refractivity contribution in [2.45, 2.75) is 68.2 Å². The summed E-state index contributed by atoms with van der Waals surface area (Å²) in [6, 6.07) is 10.4. The summed E-state index contributed by atoms with van der Waals surface area (Å²) < 4.78 is 31.2. The molecular formula is C30H29BrF2N4O4. The van der Waals surface area contributed by atoms with Gasteiger partial charge < -0.3 is 20.6 Å². The van der Waals surface area contributed by atoms with Crippen LogP contribution in [0.15, 0.2) is 46.9 Å². The number of halogens is 3. The fraction of sp³-hybridized carbons (Fsp3) is 0.467. The van der Waals surface area contributed by atoms with Gasteiger partial charge in [0, 0.05) is 40.5 Å². The molecule has 3 saturated heterocycles. The smallest absolute Gasteiger partial charge is 0.264 e. The van der Waals surface area contributed by atoms with Gasteiger partial charge in [-0.3, -0.25) is 14.4 Å². The molecule has 0 radical (unpaired) electrons. The molecule has 3 amide bonds. The molecule has 7 rings (SSSR count). The Morgan fingerprint density at radius 2 is 1.93 bits per heavy atom. The molecule has 2 bridgehead atoms. The van der Waals surface area contributed by atoms with E-state index in [4.69, 9.17) is 0 Å². The van der Waals surface area contributed by atoms with Crippen LogP contribution in [0.3, 0.4) is 0 Å². The zero-order valence-corrected chi connectivity index (χ0v) is 23.7. The number of hydrogen-bond donors (Lipinski definition) is 3. The topological polar surface area (TPSA) is 123 Å². The normalized spacial score (nSPS) is 30.0. The molecule has 4 fully saturated rings. The highest BCUT2D eigenvalue weighted by atomic mass is 79.9. The summed E-state index contributed by atoms with van der Waals surface area (Å²) in [5.41, 5.74) is -0.277. The molecule has 2 aliphatic carbocycles. The van der Waals surface area contributed by atoms with Gasteiger partial charge in [0.25, 0.3) is 11.8 Å². The molecule has 3 N–H and O–H groups in total. The maximum absolute atomic E-state index is 15.3. The highest BCUT2D eigenvalue weighted by Gasteiger charge is 2.63. The third-order valence-corrected chi connectivity index (χ3v) is 9.61. The summed E-state index contributed by atoms with van der Waals surface area (Å²) in [5, 5.41) is 27.3. The minimum Gasteiger partial charge on any atom is -0.372 e. The van der Waals surface area contributed by atoms with Crippen LogP contribution < -0.4 is 10.6 Å². The van der Waals surface area contributed by atoms with Gasteiger partial charge in [-0.25, -0.2) is 8.78 Å². The van der Waals surface area contributed by atoms with Crippen LogP contribution in [-0.2, 0) is 20.0 Å². The van der Waals surface area contributed by atoms with Crippen molar-refractivity contribution in [3.05, 3.63) is 58.1 Å². The monoisotopic (exact) mass is 626 g/mol. The Bertz CT molecular complexity index is 1480. The van der Waals surface area contributed by atoms with Gasteiger partial charge in [-0.05, 0) is 55.4 Å². The van der Waals surface area contributed by atoms with Crippen molar-refractivity contribution in [3.63, 3.8) is 0 Å². The first kappa shape index (κ1) is 27.8. The quantitative estimate of drug-likeness (QED) is 0.468. The fourth-order valence-electron chi connectivity index (χ4n) is 7.19. The molecule has 2 aromatic carbocycles. The maximum Gasteiger partial charge on any atom is 0.264 e. The lowest BCUT2D eigenvalue weighted by Gasteiger charge is -2.54. The van der Waals surface area contributed by atoms with E-state index in [0.717, 1.165) is 11.3 Å². The van der Waals surface area contributed by atoms with Crippen molar-refractivity contribution >= 4 is 33.7 Å². The first-order valence-corrected chi connectivity index (χ1v) is 14.7. The van der Waals surface area contributed by atoms with Gasteiger partial charge in [0.1, 0.15) is 12.1 Å². The van der Waals surface area contributed by atoms with E-state index >= 15 is 8.78 Å². The van der Waals surface area contributed by atoms with E-state index in [1.54, 1.807) is 42.5 Å². The van der Waals surface area contributed by atoms with E-state index in [0.29, 0.717) is 39.7 Å². The summed E-state index contributed by atoms with van der Waals surface area (Å²) in [6.07, 6.45) is 1.01. The van der Waals surface area contributed by atoms with Gasteiger partial charge in [-0.2, -0.15) is 5.26 Å². The summed E-state index contributed by atoms with van der Waals surface area (Å²) in [6.45, 7) is 0.544. The Hall–Kier alpha value is -3.36. The van der Waals surface area contributed by atoms with Crippen LogP contribution in [0.5, 0.6) is 0 Å². The van der Waals surface area contributed by atoms with E-state index in [2.05, 4.69) is 26.6 Å². The molecule has 0 aromatic heterocycles. The number of fused-ring (bicyclic) bond motifs is 6. The Kier molecular flexibility index (Phi) is 6.90. The zero-order valence-electron chi connectivity index (χ0n) is 22.1. The molecule has 2 aromatic rings. The van der Waals surface area contributed by atoms with Crippen molar-refractivity contribution < 1.29 is 28.3 Å². The summed E-state index contributed by atoms with van der Waals surface area (Å²) >= 11 is 3.41. The van der Waals surface area contributed by atoms with Crippen LogP contribution in [0.4, 0.5) is 8.78 Å².